The number of anilines is 1. The number of ether oxygens (including phenoxy) is 3. The van der Waals surface area contributed by atoms with Gasteiger partial charge in [0.15, 0.2) is 0 Å². The van der Waals surface area contributed by atoms with Gasteiger partial charge in [0.1, 0.15) is 5.75 Å². The molecule has 1 aliphatic heterocycles. The number of benzene rings is 2. The number of halogens is 1. The Hall–Kier alpha value is -2.59. The smallest absolute Gasteiger partial charge is 0.337 e. The Morgan fingerprint density at radius 3 is 2.67 bits per heavy atom. The lowest BCUT2D eigenvalue weighted by atomic mass is 9.66. The van der Waals surface area contributed by atoms with Gasteiger partial charge in [-0.05, 0) is 116 Å². The van der Waals surface area contributed by atoms with Gasteiger partial charge >= 0.3 is 5.97 Å². The third-order valence-electron chi connectivity index (χ3n) is 10.5. The number of esters is 1. The third kappa shape index (κ3) is 6.92. The molecule has 1 spiro atoms. The Bertz CT molecular complexity index is 1560. The van der Waals surface area contributed by atoms with Crippen molar-refractivity contribution in [1.29, 1.82) is 0 Å². The standard InChI is InChI=1S/C35H44ClNO7S/c1-41-33(24-8-6-23(7-9-24)20-44-45(3,39)40)29-13-10-27(29)19-37-21-35(16-4-5-25-17-28(36)12-14-30(25)35)22-43-32-15-11-26(18-31(32)37)34(38)42-2/h8,11-12,14-15,17-18,23,27,29,33H,4-7,9-10,13,16,19-22H2,1-3H3/t23-,27-,29+,33?,35-/m0/s1. The highest BCUT2D eigenvalue weighted by Crippen LogP contribution is 2.48. The second kappa shape index (κ2) is 13.3. The van der Waals surface area contributed by atoms with Crippen LogP contribution in [0.25, 0.3) is 0 Å². The van der Waals surface area contributed by atoms with E-state index in [4.69, 9.17) is 30.0 Å². The topological polar surface area (TPSA) is 91.4 Å². The highest BCUT2D eigenvalue weighted by molar-refractivity contribution is 7.85. The van der Waals surface area contributed by atoms with Crippen LogP contribution < -0.4 is 9.64 Å². The Balaban J connectivity index is 1.26. The molecule has 0 bridgehead atoms. The minimum atomic E-state index is -3.44. The molecule has 2 aromatic rings. The predicted octanol–water partition coefficient (Wildman–Crippen LogP) is 6.34. The van der Waals surface area contributed by atoms with Crippen LogP contribution in [0, 0.1) is 17.8 Å². The Morgan fingerprint density at radius 2 is 1.98 bits per heavy atom. The maximum Gasteiger partial charge on any atom is 0.337 e. The molecular formula is C35H44ClNO7S. The van der Waals surface area contributed by atoms with E-state index in [1.807, 2.05) is 18.2 Å². The molecule has 244 valence electrons. The van der Waals surface area contributed by atoms with Crippen LogP contribution in [-0.2, 0) is 35.6 Å². The van der Waals surface area contributed by atoms with E-state index in [0.717, 1.165) is 87.2 Å². The number of aryl methyl sites for hydroxylation is 1. The van der Waals surface area contributed by atoms with Crippen molar-refractivity contribution in [3.05, 3.63) is 69.8 Å². The van der Waals surface area contributed by atoms with Crippen molar-refractivity contribution in [2.45, 2.75) is 62.9 Å². The van der Waals surface area contributed by atoms with Crippen molar-refractivity contribution >= 4 is 33.4 Å². The molecule has 2 aromatic carbocycles. The maximum atomic E-state index is 12.6. The van der Waals surface area contributed by atoms with E-state index in [2.05, 4.69) is 23.1 Å². The second-order valence-electron chi connectivity index (χ2n) is 13.3. The molecule has 0 aromatic heterocycles. The van der Waals surface area contributed by atoms with E-state index in [-0.39, 0.29) is 30.0 Å². The first-order valence-electron chi connectivity index (χ1n) is 16.0. The van der Waals surface area contributed by atoms with Gasteiger partial charge in [0.2, 0.25) is 0 Å². The summed E-state index contributed by atoms with van der Waals surface area (Å²) in [5.74, 6) is 1.40. The van der Waals surface area contributed by atoms with Gasteiger partial charge in [-0.15, -0.1) is 0 Å². The van der Waals surface area contributed by atoms with Gasteiger partial charge in [0.05, 0.1) is 43.9 Å². The number of allylic oxidation sites excluding steroid dienone is 1. The van der Waals surface area contributed by atoms with Gasteiger partial charge in [0.25, 0.3) is 10.1 Å². The van der Waals surface area contributed by atoms with E-state index in [9.17, 15) is 13.2 Å². The average molecular weight is 658 g/mol. The summed E-state index contributed by atoms with van der Waals surface area (Å²) >= 11 is 6.43. The van der Waals surface area contributed by atoms with Crippen LogP contribution in [0.5, 0.6) is 5.75 Å². The number of hydrogen-bond donors (Lipinski definition) is 0. The molecule has 0 N–H and O–H groups in total. The largest absolute Gasteiger partial charge is 0.490 e. The van der Waals surface area contributed by atoms with Crippen molar-refractivity contribution in [1.82, 2.24) is 0 Å². The molecule has 5 atom stereocenters. The van der Waals surface area contributed by atoms with Crippen LogP contribution in [0.2, 0.25) is 5.02 Å². The van der Waals surface area contributed by atoms with Crippen molar-refractivity contribution in [3.8, 4) is 5.75 Å². The molecule has 0 saturated heterocycles. The molecule has 3 aliphatic carbocycles. The third-order valence-corrected chi connectivity index (χ3v) is 11.3. The molecule has 4 aliphatic rings. The molecule has 1 heterocycles. The summed E-state index contributed by atoms with van der Waals surface area (Å²) in [5.41, 5.74) is 5.16. The highest BCUT2D eigenvalue weighted by atomic mass is 35.5. The zero-order valence-corrected chi connectivity index (χ0v) is 28.0. The fraction of sp³-hybridized carbons (Fsp3) is 0.571. The van der Waals surface area contributed by atoms with Crippen LogP contribution >= 0.6 is 11.6 Å². The first-order valence-corrected chi connectivity index (χ1v) is 18.2. The molecule has 10 heteroatoms. The number of rotatable bonds is 9. The Morgan fingerprint density at radius 1 is 1.13 bits per heavy atom. The maximum absolute atomic E-state index is 12.6. The molecule has 8 nitrogen and oxygen atoms in total. The fourth-order valence-corrected chi connectivity index (χ4v) is 8.64. The molecule has 6 rings (SSSR count). The molecule has 0 amide bonds. The molecule has 0 radical (unpaired) electrons. The SMILES string of the molecule is COC(=O)c1ccc2c(c1)N(C[C@@H]1CC[C@H]1C(OC)C1=CC[C@H](COS(C)(=O)=O)CC1)C[C@@]1(CCCc3cc(Cl)ccc31)CO2. The lowest BCUT2D eigenvalue weighted by molar-refractivity contribution is 0.00284. The number of carbonyl (C=O) groups excluding carboxylic acids is 1. The van der Waals surface area contributed by atoms with E-state index >= 15 is 0 Å². The Labute approximate surface area is 272 Å². The van der Waals surface area contributed by atoms with E-state index in [1.54, 1.807) is 13.2 Å². The van der Waals surface area contributed by atoms with Crippen molar-refractivity contribution < 1.29 is 31.6 Å². The van der Waals surface area contributed by atoms with Gasteiger partial charge in [-0.1, -0.05) is 23.7 Å². The summed E-state index contributed by atoms with van der Waals surface area (Å²) in [6.45, 7) is 2.40. The zero-order chi connectivity index (χ0) is 31.8. The summed E-state index contributed by atoms with van der Waals surface area (Å²) in [7, 11) is -0.229. The number of nitrogens with zero attached hydrogens (tertiary/aromatic N) is 1. The number of methoxy groups -OCH3 is 2. The van der Waals surface area contributed by atoms with Gasteiger partial charge in [-0.3, -0.25) is 4.18 Å². The van der Waals surface area contributed by atoms with E-state index in [0.29, 0.717) is 24.0 Å². The highest BCUT2D eigenvalue weighted by Gasteiger charge is 2.45. The van der Waals surface area contributed by atoms with Crippen LogP contribution in [-0.4, -0.2) is 67.3 Å². The first-order chi connectivity index (χ1) is 21.6. The van der Waals surface area contributed by atoms with Gasteiger partial charge in [-0.2, -0.15) is 8.42 Å². The zero-order valence-electron chi connectivity index (χ0n) is 26.4. The molecular weight excluding hydrogens is 614 g/mol. The quantitative estimate of drug-likeness (QED) is 0.175. The predicted molar refractivity (Wildman–Crippen MR) is 175 cm³/mol. The van der Waals surface area contributed by atoms with Crippen LogP contribution in [0.1, 0.15) is 66.4 Å². The lowest BCUT2D eigenvalue weighted by Gasteiger charge is -2.47. The molecule has 1 unspecified atom stereocenters. The minimum Gasteiger partial charge on any atom is -0.490 e. The van der Waals surface area contributed by atoms with Crippen LogP contribution in [0.15, 0.2) is 48.0 Å². The van der Waals surface area contributed by atoms with Gasteiger partial charge in [-0.25, -0.2) is 4.79 Å². The Kier molecular flexibility index (Phi) is 9.53. The van der Waals surface area contributed by atoms with Gasteiger partial charge < -0.3 is 19.1 Å². The van der Waals surface area contributed by atoms with Crippen LogP contribution in [0.4, 0.5) is 5.69 Å². The molecule has 45 heavy (non-hydrogen) atoms. The number of carbonyl (C=O) groups is 1. The summed E-state index contributed by atoms with van der Waals surface area (Å²) in [5, 5.41) is 0.761. The van der Waals surface area contributed by atoms with E-state index in [1.165, 1.54) is 23.8 Å². The fourth-order valence-electron chi connectivity index (χ4n) is 8.00. The van der Waals surface area contributed by atoms with Crippen molar-refractivity contribution in [2.24, 2.45) is 17.8 Å². The molecule has 1 saturated carbocycles. The summed E-state index contributed by atoms with van der Waals surface area (Å²) in [4.78, 5) is 15.0. The number of fused-ring (bicyclic) bond motifs is 3. The lowest BCUT2D eigenvalue weighted by Crippen LogP contribution is -2.50. The van der Waals surface area contributed by atoms with E-state index < -0.39 is 10.1 Å². The van der Waals surface area contributed by atoms with Gasteiger partial charge in [0, 0.05) is 30.6 Å². The molecule has 1 fully saturated rings. The van der Waals surface area contributed by atoms with Crippen molar-refractivity contribution in [3.63, 3.8) is 0 Å². The second-order valence-corrected chi connectivity index (χ2v) is 15.4. The number of hydrogen-bond acceptors (Lipinski definition) is 8. The summed E-state index contributed by atoms with van der Waals surface area (Å²) in [6, 6.07) is 11.9. The minimum absolute atomic E-state index is 0.0242. The summed E-state index contributed by atoms with van der Waals surface area (Å²) in [6.07, 6.45) is 11.2. The normalized spacial score (nSPS) is 26.9. The summed E-state index contributed by atoms with van der Waals surface area (Å²) < 4.78 is 45.9. The first kappa shape index (κ1) is 32.4. The average Bonchev–Trinajstić information content (AvgIpc) is 3.17. The van der Waals surface area contributed by atoms with Crippen molar-refractivity contribution in [2.75, 3.05) is 51.7 Å². The van der Waals surface area contributed by atoms with Crippen LogP contribution in [0.3, 0.4) is 0 Å². The monoisotopic (exact) mass is 657 g/mol.